The second-order valence-electron chi connectivity index (χ2n) is 29.6. The van der Waals surface area contributed by atoms with E-state index in [-0.39, 0.29) is 229 Å². The van der Waals surface area contributed by atoms with E-state index in [1.807, 2.05) is 27.7 Å². The van der Waals surface area contributed by atoms with Gasteiger partial charge in [-0.3, -0.25) is 62.5 Å². The van der Waals surface area contributed by atoms with E-state index in [2.05, 4.69) is 63.2 Å². The first-order chi connectivity index (χ1) is 56.9. The summed E-state index contributed by atoms with van der Waals surface area (Å²) in [4.78, 5) is 190. The molecular formula is C79H114FN21O18S4. The van der Waals surface area contributed by atoms with Crippen molar-refractivity contribution in [1.29, 1.82) is 0 Å². The minimum atomic E-state index is -1.39. The summed E-state index contributed by atoms with van der Waals surface area (Å²) >= 11 is 0. The van der Waals surface area contributed by atoms with Crippen LogP contribution in [0.4, 0.5) is 35.8 Å². The number of anilines is 3. The van der Waals surface area contributed by atoms with E-state index in [0.717, 1.165) is 6.07 Å². The number of ether oxygens (including phenoxy) is 1. The molecule has 3 aromatic heterocycles. The van der Waals surface area contributed by atoms with Crippen LogP contribution in [0.5, 0.6) is 0 Å². The average Bonchev–Trinajstić information content (AvgIpc) is 1.76. The summed E-state index contributed by atoms with van der Waals surface area (Å²) < 4.78 is 25.4. The molecule has 3 aliphatic heterocycles. The Labute approximate surface area is 737 Å². The molecule has 674 valence electrons. The number of unbranched alkanes of at least 4 members (excludes halogenated alkanes) is 4. The van der Waals surface area contributed by atoms with Crippen molar-refractivity contribution in [3.05, 3.63) is 123 Å². The first kappa shape index (κ1) is 104. The number of likely N-dealkylation sites (tertiary alicyclic amines) is 2. The highest BCUT2D eigenvalue weighted by atomic mass is 32.1. The topological polar surface area (TPSA) is 533 Å². The molecule has 3 aromatic carbocycles. The zero-order valence-corrected chi connectivity index (χ0v) is 73.4. The number of aliphatic hydroxyl groups excluding tert-OH is 1. The number of primary amides is 2. The number of rotatable bonds is 42. The largest absolute Gasteiger partial charge is 0.477 e. The number of carbonyl (C=O) groups is 14. The number of carbonyl (C=O) groups excluding carboxylic acids is 13. The van der Waals surface area contributed by atoms with E-state index in [4.69, 9.17) is 16.2 Å². The van der Waals surface area contributed by atoms with Crippen LogP contribution in [0.15, 0.2) is 84.0 Å². The van der Waals surface area contributed by atoms with E-state index in [0.29, 0.717) is 117 Å². The zero-order chi connectivity index (χ0) is 86.4. The number of aromatic nitrogens is 7. The van der Waals surface area contributed by atoms with Crippen LogP contribution in [0.2, 0.25) is 0 Å². The van der Waals surface area contributed by atoms with E-state index in [1.54, 1.807) is 77.3 Å². The summed E-state index contributed by atoms with van der Waals surface area (Å²) in [7, 11) is 0. The van der Waals surface area contributed by atoms with Crippen LogP contribution in [0.25, 0.3) is 10.9 Å². The molecule has 4 atom stereocenters. The van der Waals surface area contributed by atoms with Crippen LogP contribution >= 0.6 is 54.0 Å². The number of pyridine rings is 1. The van der Waals surface area contributed by atoms with Gasteiger partial charge in [-0.05, 0) is 118 Å². The smallest absolute Gasteiger partial charge is 0.410 e. The number of benzene rings is 3. The zero-order valence-electron chi connectivity index (χ0n) is 69.4. The summed E-state index contributed by atoms with van der Waals surface area (Å²) in [6.07, 6.45) is 10.1. The molecule has 9 rings (SSSR count). The predicted molar refractivity (Wildman–Crippen MR) is 470 cm³/mol. The van der Waals surface area contributed by atoms with Crippen molar-refractivity contribution < 1.29 is 86.5 Å². The van der Waals surface area contributed by atoms with E-state index in [9.17, 15) is 82.1 Å². The highest BCUT2D eigenvalue weighted by Gasteiger charge is 2.33. The Bertz CT molecular complexity index is 4650. The fourth-order valence-electron chi connectivity index (χ4n) is 13.6. The first-order valence-corrected chi connectivity index (χ1v) is 39.8. The highest BCUT2D eigenvalue weighted by molar-refractivity contribution is 7.59. The quantitative estimate of drug-likeness (QED) is 0.0183. The summed E-state index contributed by atoms with van der Waals surface area (Å²) in [6.45, 7) is 11.0. The number of nitrogens with zero attached hydrogens (tertiary/aromatic N) is 11. The lowest BCUT2D eigenvalue weighted by atomic mass is 10.0. The van der Waals surface area contributed by atoms with Gasteiger partial charge in [-0.25, -0.2) is 32.9 Å². The number of piperazine rings is 1. The molecule has 44 heteroatoms. The minimum Gasteiger partial charge on any atom is -0.477 e. The number of hydrogen-bond acceptors (Lipinski definition) is 22. The molecule has 0 radical (unpaired) electrons. The minimum absolute atomic E-state index is 0. The summed E-state index contributed by atoms with van der Waals surface area (Å²) in [5.41, 5.74) is 12.9. The third-order valence-corrected chi connectivity index (χ3v) is 20.2. The maximum absolute atomic E-state index is 15.4. The molecule has 0 aliphatic carbocycles. The molecular weight excluding hydrogens is 1680 g/mol. The molecule has 123 heavy (non-hydrogen) atoms. The van der Waals surface area contributed by atoms with Crippen molar-refractivity contribution in [2.45, 2.75) is 181 Å². The van der Waals surface area contributed by atoms with Gasteiger partial charge in [-0.2, -0.15) is 54.0 Å². The van der Waals surface area contributed by atoms with Gasteiger partial charge in [-0.1, -0.05) is 75.2 Å². The Balaban J connectivity index is 0.000000543. The van der Waals surface area contributed by atoms with E-state index < -0.39 is 82.8 Å². The van der Waals surface area contributed by atoms with Crippen LogP contribution in [0.1, 0.15) is 194 Å². The van der Waals surface area contributed by atoms with Crippen LogP contribution in [0, 0.1) is 17.7 Å². The number of urea groups is 2. The van der Waals surface area contributed by atoms with Crippen molar-refractivity contribution in [1.82, 2.24) is 81.2 Å². The van der Waals surface area contributed by atoms with Crippen LogP contribution in [0.3, 0.4) is 0 Å². The molecule has 3 aliphatic rings. The molecule has 6 aromatic rings. The molecule has 15 amide bonds. The lowest BCUT2D eigenvalue weighted by Crippen LogP contribution is -2.49. The Morgan fingerprint density at radius 1 is 0.545 bits per heavy atom. The third kappa shape index (κ3) is 31.5. The van der Waals surface area contributed by atoms with Gasteiger partial charge >= 0.3 is 24.1 Å². The standard InChI is InChI=1S/C48H61FN12O11.C31H45N9O7.4H2S/c1-4-57-26-33(46(68)69)44(66)32-23-34(49)38(24-37(32)57)58-19-21-59(22-20-58)48(71)72-28-30-11-13-31(14-12-30)53-45(67)36(9-8-17-51-47(50)70)61-27-35(55-56-61)43(29(2)3)54-40(63)25-52-39(62)10-6-5-7-18-60-41(64)15-16-42(60)65;1-20(2)29(36-26(43)17-34-25(42)8-4-3-5-16-39-27(44)13-14-28(39)45)23-18-40(38-37-23)24(7-6-15-33-31(32)47)30(46)35-22-11-9-21(19-41)10-12-22;;;;/h11-14,23-24,26-27,29,36,43H,4-10,15-22,25,28H2,1-3H3,(H,52,62)(H,53,67)(H,54,63)(H,68,69)(H3,50,51,70);9-12,18,20,24,29,41H,3-8,13-17,19H2,1-2H3,(H,34,42)(H,35,46)(H,36,43)(H3,32,33,47);4*1H2/t36-,43-;24-,29-;;;;/m00..../s1. The molecule has 0 spiro atoms. The third-order valence-electron chi connectivity index (χ3n) is 20.2. The number of aryl methyl sites for hydroxylation is 1. The first-order valence-electron chi connectivity index (χ1n) is 39.8. The number of aromatic carboxylic acids is 1. The lowest BCUT2D eigenvalue weighted by molar-refractivity contribution is -0.140. The molecule has 0 unspecified atom stereocenters. The van der Waals surface area contributed by atoms with Crippen LogP contribution < -0.4 is 64.3 Å². The Kier molecular flexibility index (Phi) is 43.6. The van der Waals surface area contributed by atoms with Gasteiger partial charge in [0.1, 0.15) is 41.5 Å². The number of halogens is 1. The lowest BCUT2D eigenvalue weighted by Gasteiger charge is -2.35. The highest BCUT2D eigenvalue weighted by Crippen LogP contribution is 2.30. The van der Waals surface area contributed by atoms with Gasteiger partial charge in [-0.15, -0.1) is 10.2 Å². The van der Waals surface area contributed by atoms with Gasteiger partial charge in [0, 0.05) is 120 Å². The molecule has 3 saturated heterocycles. The van der Waals surface area contributed by atoms with Gasteiger partial charge in [0.2, 0.25) is 64.5 Å². The van der Waals surface area contributed by atoms with Crippen LogP contribution in [-0.2, 0) is 72.4 Å². The van der Waals surface area contributed by atoms with Crippen molar-refractivity contribution in [3.8, 4) is 0 Å². The number of fused-ring (bicyclic) bond motifs is 1. The predicted octanol–water partition coefficient (Wildman–Crippen LogP) is 4.67. The molecule has 3 fully saturated rings. The second kappa shape index (κ2) is 51.5. The summed E-state index contributed by atoms with van der Waals surface area (Å²) in [5.74, 6) is -5.31. The van der Waals surface area contributed by atoms with Crippen molar-refractivity contribution >= 4 is 165 Å². The fraction of sp³-hybridized carbons (Fsp3) is 0.506. The maximum Gasteiger partial charge on any atom is 0.410 e. The van der Waals surface area contributed by atoms with Gasteiger partial charge in [0.05, 0.1) is 55.4 Å². The number of carboxylic acid groups (broad SMARTS) is 1. The van der Waals surface area contributed by atoms with Crippen LogP contribution in [-0.4, -0.2) is 208 Å². The number of imide groups is 2. The Morgan fingerprint density at radius 2 is 0.976 bits per heavy atom. The number of nitrogens with one attached hydrogen (secondary N) is 8. The SMILES string of the molecule is CC(C)[C@H](NC(=O)CNC(=O)CCCCCN1C(=O)CCC1=O)c1cn([C@@H](CCCNC(N)=O)C(=O)Nc2ccc(CO)cc2)nn1.CCn1cc(C(=O)O)c(=O)c2cc(F)c(N3CCN(C(=O)OCc4ccc(NC(=O)[C@H](CCCNC(N)=O)n5cc([C@@H](NC(=O)CNC(=O)CCCCCN6C(=O)CCC6=O)C(C)C)nn5)cc4)CC3)cc21.S.S.S.S. The normalized spacial score (nSPS) is 14.0. The molecule has 0 bridgehead atoms. The molecule has 14 N–H and O–H groups in total. The molecule has 6 heterocycles. The average molecular weight is 1790 g/mol. The molecule has 0 saturated carbocycles. The summed E-state index contributed by atoms with van der Waals surface area (Å²) in [5, 5.41) is 57.4. The Morgan fingerprint density at radius 3 is 1.37 bits per heavy atom. The van der Waals surface area contributed by atoms with E-state index in [1.165, 1.54) is 36.3 Å². The number of nitrogens with two attached hydrogens (primary N) is 2. The number of hydrogen-bond donors (Lipinski definition) is 12. The van der Waals surface area contributed by atoms with Crippen molar-refractivity contribution in [2.24, 2.45) is 23.3 Å². The van der Waals surface area contributed by atoms with Gasteiger partial charge in [0.25, 0.3) is 0 Å². The molecule has 39 nitrogen and oxygen atoms in total. The number of carboxylic acids is 1. The fourth-order valence-corrected chi connectivity index (χ4v) is 13.6. The van der Waals surface area contributed by atoms with Gasteiger partial charge in [0.15, 0.2) is 0 Å². The van der Waals surface area contributed by atoms with Crippen molar-refractivity contribution in [2.75, 3.05) is 81.0 Å². The van der Waals surface area contributed by atoms with Crippen molar-refractivity contribution in [3.63, 3.8) is 0 Å². The Hall–Kier alpha value is -11.4. The number of aliphatic hydroxyl groups is 1. The summed E-state index contributed by atoms with van der Waals surface area (Å²) in [6, 6.07) is 11.7. The van der Waals surface area contributed by atoms with Gasteiger partial charge < -0.3 is 83.3 Å². The monoisotopic (exact) mass is 1790 g/mol. The van der Waals surface area contributed by atoms with E-state index >= 15 is 4.39 Å². The number of amides is 15. The maximum atomic E-state index is 15.4. The second-order valence-corrected chi connectivity index (χ2v) is 29.6.